The Bertz CT molecular complexity index is 223. The van der Waals surface area contributed by atoms with Gasteiger partial charge in [0.05, 0.1) is 6.54 Å². The quantitative estimate of drug-likeness (QED) is 0.689. The third-order valence-corrected chi connectivity index (χ3v) is 2.18. The molecule has 1 aliphatic heterocycles. The van der Waals surface area contributed by atoms with Crippen LogP contribution in [-0.2, 0) is 4.74 Å². The smallest absolute Gasteiger partial charge is 0.407 e. The van der Waals surface area contributed by atoms with Crippen LogP contribution in [0.5, 0.6) is 0 Å². The van der Waals surface area contributed by atoms with E-state index in [1.54, 1.807) is 7.05 Å². The number of rotatable bonds is 1. The summed E-state index contributed by atoms with van der Waals surface area (Å²) in [7, 11) is 2.96. The highest BCUT2D eigenvalue weighted by Gasteiger charge is 2.46. The van der Waals surface area contributed by atoms with Gasteiger partial charge in [0.2, 0.25) is 0 Å². The van der Waals surface area contributed by atoms with Crippen LogP contribution < -0.4 is 5.32 Å². The lowest BCUT2D eigenvalue weighted by atomic mass is 10.0. The number of carbonyl (C=O) groups excluding carboxylic acids is 1. The van der Waals surface area contributed by atoms with E-state index < -0.39 is 18.1 Å². The molecular weight excluding hydrogens is 194 g/mol. The van der Waals surface area contributed by atoms with Crippen LogP contribution in [0.2, 0.25) is 0 Å². The van der Waals surface area contributed by atoms with Crippen molar-refractivity contribution in [1.29, 1.82) is 0 Å². The molecule has 0 aliphatic carbocycles. The van der Waals surface area contributed by atoms with E-state index in [2.05, 4.69) is 10.1 Å². The zero-order chi connectivity index (χ0) is 10.8. The molecular formula is C8H14F2N2O2. The highest BCUT2D eigenvalue weighted by Crippen LogP contribution is 2.28. The van der Waals surface area contributed by atoms with Gasteiger partial charge in [-0.15, -0.1) is 0 Å². The van der Waals surface area contributed by atoms with Gasteiger partial charge in [-0.05, 0) is 7.05 Å². The average Bonchev–Trinajstić information content (AvgIpc) is 2.08. The summed E-state index contributed by atoms with van der Waals surface area (Å²) in [5.74, 6) is -2.96. The molecule has 82 valence electrons. The van der Waals surface area contributed by atoms with E-state index in [0.717, 1.165) is 0 Å². The van der Waals surface area contributed by atoms with Gasteiger partial charge in [-0.1, -0.05) is 0 Å². The lowest BCUT2D eigenvalue weighted by Gasteiger charge is -2.35. The lowest BCUT2D eigenvalue weighted by molar-refractivity contribution is -0.146. The van der Waals surface area contributed by atoms with Crippen LogP contribution in [0.1, 0.15) is 6.42 Å². The van der Waals surface area contributed by atoms with Crippen molar-refractivity contribution in [1.82, 2.24) is 10.2 Å². The van der Waals surface area contributed by atoms with E-state index in [1.165, 1.54) is 11.9 Å². The summed E-state index contributed by atoms with van der Waals surface area (Å²) < 4.78 is 31.1. The van der Waals surface area contributed by atoms with Gasteiger partial charge in [-0.3, -0.25) is 0 Å². The molecule has 0 aromatic carbocycles. The van der Waals surface area contributed by atoms with Gasteiger partial charge in [0, 0.05) is 20.0 Å². The fourth-order valence-electron chi connectivity index (χ4n) is 1.42. The molecule has 1 fully saturated rings. The Hall–Kier alpha value is -0.910. The average molecular weight is 208 g/mol. The molecule has 1 heterocycles. The highest BCUT2D eigenvalue weighted by molar-refractivity contribution is 5.66. The van der Waals surface area contributed by atoms with E-state index >= 15 is 0 Å². The zero-order valence-corrected chi connectivity index (χ0v) is 8.22. The van der Waals surface area contributed by atoms with Crippen LogP contribution in [0.15, 0.2) is 0 Å². The maximum absolute atomic E-state index is 13.3. The number of nitrogens with zero attached hydrogens (tertiary/aromatic N) is 1. The predicted molar refractivity (Wildman–Crippen MR) is 46.4 cm³/mol. The molecule has 1 atom stereocenters. The molecule has 0 aromatic rings. The number of hydrogen-bond donors (Lipinski definition) is 1. The number of carbonyl (C=O) groups is 1. The first kappa shape index (κ1) is 11.2. The van der Waals surface area contributed by atoms with Crippen molar-refractivity contribution < 1.29 is 18.3 Å². The summed E-state index contributed by atoms with van der Waals surface area (Å²) in [6.07, 6.45) is -1.95. The van der Waals surface area contributed by atoms with E-state index in [9.17, 15) is 13.6 Å². The molecule has 0 saturated carbocycles. The van der Waals surface area contributed by atoms with Crippen molar-refractivity contribution in [2.45, 2.75) is 18.4 Å². The van der Waals surface area contributed by atoms with Crippen molar-refractivity contribution in [2.24, 2.45) is 0 Å². The molecule has 1 rings (SSSR count). The minimum Gasteiger partial charge on any atom is -0.440 e. The van der Waals surface area contributed by atoms with Gasteiger partial charge in [-0.2, -0.15) is 0 Å². The molecule has 1 aliphatic rings. The van der Waals surface area contributed by atoms with Crippen molar-refractivity contribution in [3.8, 4) is 0 Å². The van der Waals surface area contributed by atoms with Crippen LogP contribution in [0, 0.1) is 0 Å². The Morgan fingerprint density at radius 3 is 2.79 bits per heavy atom. The topological polar surface area (TPSA) is 41.6 Å². The molecule has 0 radical (unpaired) electrons. The van der Waals surface area contributed by atoms with Crippen LogP contribution in [0.3, 0.4) is 0 Å². The third kappa shape index (κ3) is 2.54. The summed E-state index contributed by atoms with van der Waals surface area (Å²) in [5, 5.41) is 2.15. The van der Waals surface area contributed by atoms with Crippen molar-refractivity contribution >= 4 is 6.09 Å². The first-order valence-electron chi connectivity index (χ1n) is 4.40. The summed E-state index contributed by atoms with van der Waals surface area (Å²) in [4.78, 5) is 12.3. The molecule has 1 saturated heterocycles. The summed E-state index contributed by atoms with van der Waals surface area (Å²) in [6.45, 7) is 0.145. The number of alkyl carbamates (subject to hydrolysis) is 1. The number of nitrogens with one attached hydrogen (secondary N) is 1. The van der Waals surface area contributed by atoms with E-state index in [0.29, 0.717) is 6.54 Å². The first-order chi connectivity index (χ1) is 6.45. The third-order valence-electron chi connectivity index (χ3n) is 2.18. The van der Waals surface area contributed by atoms with E-state index in [4.69, 9.17) is 0 Å². The van der Waals surface area contributed by atoms with Gasteiger partial charge in [0.15, 0.2) is 6.10 Å². The molecule has 0 bridgehead atoms. The molecule has 0 spiro atoms. The Kier molecular flexibility index (Phi) is 3.25. The number of alkyl halides is 2. The number of ether oxygens (including phenoxy) is 1. The Morgan fingerprint density at radius 2 is 2.29 bits per heavy atom. The van der Waals surface area contributed by atoms with Crippen LogP contribution in [0.25, 0.3) is 0 Å². The maximum Gasteiger partial charge on any atom is 0.407 e. The largest absolute Gasteiger partial charge is 0.440 e. The summed E-state index contributed by atoms with van der Waals surface area (Å²) in [5.41, 5.74) is 0. The second-order valence-electron chi connectivity index (χ2n) is 3.43. The van der Waals surface area contributed by atoms with Crippen LogP contribution in [-0.4, -0.2) is 50.2 Å². The molecule has 1 N–H and O–H groups in total. The Morgan fingerprint density at radius 1 is 1.64 bits per heavy atom. The van der Waals surface area contributed by atoms with Crippen molar-refractivity contribution in [3.63, 3.8) is 0 Å². The number of amides is 1. The Balaban J connectivity index is 2.56. The SMILES string of the molecule is CNC(=O)OC1CCN(C)CC1(F)F. The van der Waals surface area contributed by atoms with Gasteiger partial charge < -0.3 is 15.0 Å². The van der Waals surface area contributed by atoms with E-state index in [1.807, 2.05) is 0 Å². The van der Waals surface area contributed by atoms with Crippen LogP contribution in [0.4, 0.5) is 13.6 Å². The monoisotopic (exact) mass is 208 g/mol. The van der Waals surface area contributed by atoms with E-state index in [-0.39, 0.29) is 13.0 Å². The van der Waals surface area contributed by atoms with Gasteiger partial charge in [0.1, 0.15) is 0 Å². The second-order valence-corrected chi connectivity index (χ2v) is 3.43. The molecule has 1 amide bonds. The normalized spacial score (nSPS) is 27.0. The highest BCUT2D eigenvalue weighted by atomic mass is 19.3. The number of hydrogen-bond acceptors (Lipinski definition) is 3. The van der Waals surface area contributed by atoms with Crippen molar-refractivity contribution in [2.75, 3.05) is 27.2 Å². The summed E-state index contributed by atoms with van der Waals surface area (Å²) in [6, 6.07) is 0. The molecule has 1 unspecified atom stereocenters. The van der Waals surface area contributed by atoms with Gasteiger partial charge in [0.25, 0.3) is 5.92 Å². The van der Waals surface area contributed by atoms with Gasteiger partial charge in [-0.25, -0.2) is 13.6 Å². The fraction of sp³-hybridized carbons (Fsp3) is 0.875. The maximum atomic E-state index is 13.3. The standard InChI is InChI=1S/C8H14F2N2O2/c1-11-7(13)14-6-3-4-12(2)5-8(6,9)10/h6H,3-5H2,1-2H3,(H,11,13). The Labute approximate surface area is 81.2 Å². The van der Waals surface area contributed by atoms with Crippen molar-refractivity contribution in [3.05, 3.63) is 0 Å². The number of piperidine rings is 1. The number of likely N-dealkylation sites (tertiary alicyclic amines) is 1. The molecule has 14 heavy (non-hydrogen) atoms. The molecule has 4 nitrogen and oxygen atoms in total. The summed E-state index contributed by atoms with van der Waals surface area (Å²) >= 11 is 0. The zero-order valence-electron chi connectivity index (χ0n) is 8.22. The minimum atomic E-state index is -2.96. The first-order valence-corrected chi connectivity index (χ1v) is 4.40. The molecule has 0 aromatic heterocycles. The fourth-order valence-corrected chi connectivity index (χ4v) is 1.42. The van der Waals surface area contributed by atoms with Gasteiger partial charge >= 0.3 is 6.09 Å². The number of halogens is 2. The predicted octanol–water partition coefficient (Wildman–Crippen LogP) is 0.682. The lowest BCUT2D eigenvalue weighted by Crippen LogP contribution is -2.52. The second kappa shape index (κ2) is 4.08. The molecule has 6 heteroatoms. The minimum absolute atomic E-state index is 0.164. The van der Waals surface area contributed by atoms with Crippen LogP contribution >= 0.6 is 0 Å².